The van der Waals surface area contributed by atoms with E-state index in [-0.39, 0.29) is 28.2 Å². The highest BCUT2D eigenvalue weighted by Crippen LogP contribution is 2.46. The van der Waals surface area contributed by atoms with Crippen LogP contribution >= 0.6 is 15.9 Å². The second-order valence-electron chi connectivity index (χ2n) is 3.34. The van der Waals surface area contributed by atoms with E-state index in [1.54, 1.807) is 0 Å². The molecule has 1 saturated carbocycles. The first kappa shape index (κ1) is 8.01. The Balaban J connectivity index is 2.22. The Morgan fingerprint density at radius 1 is 1.27 bits per heavy atom. The summed E-state index contributed by atoms with van der Waals surface area (Å²) in [6.45, 7) is 0. The van der Waals surface area contributed by atoms with Crippen molar-refractivity contribution in [2.24, 2.45) is 11.8 Å². The standard InChI is InChI=1S/C6H9BrO3S/c7-5-3-1-11(9,10)2-4(3)6(5)8/h3-6,8H,1-2H2/t3-,4+,5-,6-/m0/s1. The number of sulfone groups is 1. The third-order valence-electron chi connectivity index (χ3n) is 2.62. The minimum atomic E-state index is -2.84. The van der Waals surface area contributed by atoms with Crippen molar-refractivity contribution in [1.82, 2.24) is 0 Å². The molecule has 0 spiro atoms. The zero-order chi connectivity index (χ0) is 8.22. The number of halogens is 1. The van der Waals surface area contributed by atoms with Gasteiger partial charge in [0.1, 0.15) is 0 Å². The molecule has 0 aromatic rings. The zero-order valence-electron chi connectivity index (χ0n) is 5.77. The highest BCUT2D eigenvalue weighted by Gasteiger charge is 2.55. The lowest BCUT2D eigenvalue weighted by atomic mass is 9.73. The zero-order valence-corrected chi connectivity index (χ0v) is 8.18. The van der Waals surface area contributed by atoms with E-state index in [9.17, 15) is 13.5 Å². The van der Waals surface area contributed by atoms with Gasteiger partial charge in [0.25, 0.3) is 0 Å². The van der Waals surface area contributed by atoms with Crippen molar-refractivity contribution in [1.29, 1.82) is 0 Å². The Hall–Kier alpha value is 0.390. The molecule has 0 aromatic carbocycles. The minimum Gasteiger partial charge on any atom is -0.392 e. The van der Waals surface area contributed by atoms with Crippen LogP contribution in [0.1, 0.15) is 0 Å². The first-order valence-corrected chi connectivity index (χ1v) is 6.27. The maximum atomic E-state index is 11.1. The second-order valence-corrected chi connectivity index (χ2v) is 6.55. The van der Waals surface area contributed by atoms with E-state index >= 15 is 0 Å². The molecule has 11 heavy (non-hydrogen) atoms. The van der Waals surface area contributed by atoms with Gasteiger partial charge in [-0.05, 0) is 5.92 Å². The lowest BCUT2D eigenvalue weighted by Gasteiger charge is -2.40. The molecule has 3 nitrogen and oxygen atoms in total. The molecular formula is C6H9BrO3S. The largest absolute Gasteiger partial charge is 0.392 e. The Kier molecular flexibility index (Phi) is 1.60. The molecule has 0 aromatic heterocycles. The summed E-state index contributed by atoms with van der Waals surface area (Å²) in [7, 11) is -2.84. The van der Waals surface area contributed by atoms with Crippen LogP contribution in [0.2, 0.25) is 0 Å². The fourth-order valence-electron chi connectivity index (χ4n) is 1.93. The summed E-state index contributed by atoms with van der Waals surface area (Å²) in [5, 5.41) is 9.31. The van der Waals surface area contributed by atoms with Gasteiger partial charge in [-0.25, -0.2) is 8.42 Å². The minimum absolute atomic E-state index is 0.00405. The molecule has 0 radical (unpaired) electrons. The number of hydrogen-bond acceptors (Lipinski definition) is 3. The molecule has 2 rings (SSSR count). The van der Waals surface area contributed by atoms with Gasteiger partial charge in [0, 0.05) is 10.7 Å². The number of alkyl halides is 1. The fourth-order valence-corrected chi connectivity index (χ4v) is 5.35. The Bertz CT molecular complexity index is 252. The van der Waals surface area contributed by atoms with Crippen LogP contribution in [0, 0.1) is 11.8 Å². The van der Waals surface area contributed by atoms with Crippen LogP contribution in [0.5, 0.6) is 0 Å². The van der Waals surface area contributed by atoms with Crippen LogP contribution in [-0.2, 0) is 9.84 Å². The van der Waals surface area contributed by atoms with Gasteiger partial charge in [-0.15, -0.1) is 0 Å². The first-order valence-electron chi connectivity index (χ1n) is 3.54. The van der Waals surface area contributed by atoms with Gasteiger partial charge in [-0.3, -0.25) is 0 Å². The monoisotopic (exact) mass is 240 g/mol. The summed E-state index contributed by atoms with van der Waals surface area (Å²) in [6, 6.07) is 0. The predicted molar refractivity (Wildman–Crippen MR) is 44.4 cm³/mol. The van der Waals surface area contributed by atoms with Crippen LogP contribution in [-0.4, -0.2) is 36.0 Å². The Morgan fingerprint density at radius 2 is 1.82 bits per heavy atom. The lowest BCUT2D eigenvalue weighted by Crippen LogP contribution is -2.51. The third kappa shape index (κ3) is 1.05. The summed E-state index contributed by atoms with van der Waals surface area (Å²) >= 11 is 3.27. The van der Waals surface area contributed by atoms with E-state index in [1.165, 1.54) is 0 Å². The van der Waals surface area contributed by atoms with E-state index in [0.29, 0.717) is 0 Å². The summed E-state index contributed by atoms with van der Waals surface area (Å²) in [5.74, 6) is 0.602. The molecule has 1 saturated heterocycles. The maximum Gasteiger partial charge on any atom is 0.151 e. The molecule has 1 aliphatic heterocycles. The third-order valence-corrected chi connectivity index (χ3v) is 5.62. The lowest BCUT2D eigenvalue weighted by molar-refractivity contribution is 0.00832. The van der Waals surface area contributed by atoms with E-state index in [4.69, 9.17) is 0 Å². The van der Waals surface area contributed by atoms with Crippen molar-refractivity contribution in [3.63, 3.8) is 0 Å². The van der Waals surface area contributed by atoms with E-state index in [2.05, 4.69) is 15.9 Å². The van der Waals surface area contributed by atoms with Crippen molar-refractivity contribution in [3.05, 3.63) is 0 Å². The molecule has 2 fully saturated rings. The van der Waals surface area contributed by atoms with Gasteiger partial charge in [-0.2, -0.15) is 0 Å². The number of fused-ring (bicyclic) bond motifs is 1. The van der Waals surface area contributed by atoms with Gasteiger partial charge >= 0.3 is 0 Å². The van der Waals surface area contributed by atoms with Crippen molar-refractivity contribution >= 4 is 25.8 Å². The molecule has 4 atom stereocenters. The van der Waals surface area contributed by atoms with Crippen LogP contribution in [0.4, 0.5) is 0 Å². The SMILES string of the molecule is O=S1(=O)C[C@@H]2[C@H](Br)[C@@H](O)[C@@H]2C1. The number of aliphatic hydroxyl groups is 1. The average Bonchev–Trinajstić information content (AvgIpc) is 2.23. The Labute approximate surface area is 73.8 Å². The molecule has 0 amide bonds. The topological polar surface area (TPSA) is 54.4 Å². The van der Waals surface area contributed by atoms with Gasteiger partial charge in [0.05, 0.1) is 17.6 Å². The Morgan fingerprint density at radius 3 is 2.36 bits per heavy atom. The maximum absolute atomic E-state index is 11.1. The fraction of sp³-hybridized carbons (Fsp3) is 1.00. The van der Waals surface area contributed by atoms with Crippen molar-refractivity contribution < 1.29 is 13.5 Å². The van der Waals surface area contributed by atoms with Crippen molar-refractivity contribution in [2.45, 2.75) is 10.9 Å². The van der Waals surface area contributed by atoms with Crippen LogP contribution in [0.15, 0.2) is 0 Å². The quantitative estimate of drug-likeness (QED) is 0.597. The predicted octanol–water partition coefficient (Wildman–Crippen LogP) is -0.215. The highest BCUT2D eigenvalue weighted by molar-refractivity contribution is 9.09. The molecule has 0 unspecified atom stereocenters. The smallest absolute Gasteiger partial charge is 0.151 e. The van der Waals surface area contributed by atoms with Gasteiger partial charge < -0.3 is 5.11 Å². The molecule has 1 N–H and O–H groups in total. The van der Waals surface area contributed by atoms with E-state index < -0.39 is 15.9 Å². The normalized spacial score (nSPS) is 53.3. The molecule has 2 aliphatic rings. The van der Waals surface area contributed by atoms with Crippen molar-refractivity contribution in [3.8, 4) is 0 Å². The van der Waals surface area contributed by atoms with E-state index in [1.807, 2.05) is 0 Å². The molecule has 0 bridgehead atoms. The van der Waals surface area contributed by atoms with E-state index in [0.717, 1.165) is 0 Å². The van der Waals surface area contributed by atoms with Crippen LogP contribution in [0.25, 0.3) is 0 Å². The summed E-state index contributed by atoms with van der Waals surface area (Å²) in [5.41, 5.74) is 0. The molecule has 1 heterocycles. The molecular weight excluding hydrogens is 232 g/mol. The van der Waals surface area contributed by atoms with Crippen molar-refractivity contribution in [2.75, 3.05) is 11.5 Å². The first-order chi connectivity index (χ1) is 5.01. The van der Waals surface area contributed by atoms with Crippen LogP contribution < -0.4 is 0 Å². The summed E-state index contributed by atoms with van der Waals surface area (Å²) < 4.78 is 22.1. The highest BCUT2D eigenvalue weighted by atomic mass is 79.9. The molecule has 64 valence electrons. The summed E-state index contributed by atoms with van der Waals surface area (Å²) in [6.07, 6.45) is -0.447. The average molecular weight is 241 g/mol. The van der Waals surface area contributed by atoms with Gasteiger partial charge in [0.2, 0.25) is 0 Å². The molecule has 5 heteroatoms. The molecule has 1 aliphatic carbocycles. The summed E-state index contributed by atoms with van der Waals surface area (Å²) in [4.78, 5) is 0.00442. The van der Waals surface area contributed by atoms with Gasteiger partial charge in [-0.1, -0.05) is 15.9 Å². The second kappa shape index (κ2) is 2.20. The number of hydrogen-bond donors (Lipinski definition) is 1. The number of aliphatic hydroxyl groups excluding tert-OH is 1. The van der Waals surface area contributed by atoms with Crippen LogP contribution in [0.3, 0.4) is 0 Å². The van der Waals surface area contributed by atoms with Gasteiger partial charge in [0.15, 0.2) is 9.84 Å². The number of rotatable bonds is 0.